The molecule has 30 heavy (non-hydrogen) atoms. The molecule has 1 aliphatic heterocycles. The highest BCUT2D eigenvalue weighted by Crippen LogP contribution is 2.39. The van der Waals surface area contributed by atoms with Gasteiger partial charge in [0, 0.05) is 31.8 Å². The monoisotopic (exact) mass is 403 g/mol. The number of hydrogen-bond acceptors (Lipinski definition) is 3. The van der Waals surface area contributed by atoms with Crippen LogP contribution in [-0.4, -0.2) is 34.9 Å². The first-order valence-corrected chi connectivity index (χ1v) is 10.4. The molecule has 1 aromatic heterocycles. The average molecular weight is 404 g/mol. The number of rotatable bonds is 5. The van der Waals surface area contributed by atoms with Crippen molar-refractivity contribution in [3.63, 3.8) is 0 Å². The third-order valence-electron chi connectivity index (χ3n) is 5.27. The van der Waals surface area contributed by atoms with Gasteiger partial charge in [0.05, 0.1) is 17.9 Å². The molecule has 2 aromatic carbocycles. The molecule has 3 aromatic rings. The van der Waals surface area contributed by atoms with Gasteiger partial charge in [-0.2, -0.15) is 5.10 Å². The van der Waals surface area contributed by atoms with E-state index in [1.54, 1.807) is 7.05 Å². The van der Waals surface area contributed by atoms with Gasteiger partial charge in [0.15, 0.2) is 5.96 Å². The van der Waals surface area contributed by atoms with Crippen molar-refractivity contribution in [3.05, 3.63) is 78.1 Å². The second-order valence-electron chi connectivity index (χ2n) is 8.18. The summed E-state index contributed by atoms with van der Waals surface area (Å²) in [6.07, 6.45) is 5.73. The minimum Gasteiger partial charge on any atom is -0.487 e. The Morgan fingerprint density at radius 2 is 1.93 bits per heavy atom. The highest BCUT2D eigenvalue weighted by atomic mass is 16.5. The average Bonchev–Trinajstić information content (AvgIpc) is 3.22. The molecule has 6 nitrogen and oxygen atoms in total. The molecule has 156 valence electrons. The fourth-order valence-electron chi connectivity index (χ4n) is 3.83. The van der Waals surface area contributed by atoms with Crippen LogP contribution in [0.5, 0.6) is 5.75 Å². The normalized spacial score (nSPS) is 17.7. The van der Waals surface area contributed by atoms with Crippen LogP contribution >= 0.6 is 0 Å². The van der Waals surface area contributed by atoms with E-state index in [9.17, 15) is 0 Å². The molecule has 1 atom stereocenters. The first-order chi connectivity index (χ1) is 14.5. The van der Waals surface area contributed by atoms with Gasteiger partial charge in [0.25, 0.3) is 0 Å². The number of hydrogen-bond donors (Lipinski definition) is 2. The predicted molar refractivity (Wildman–Crippen MR) is 120 cm³/mol. The summed E-state index contributed by atoms with van der Waals surface area (Å²) in [4.78, 5) is 4.42. The smallest absolute Gasteiger partial charge is 0.191 e. The highest BCUT2D eigenvalue weighted by molar-refractivity contribution is 5.80. The lowest BCUT2D eigenvalue weighted by molar-refractivity contribution is 0.0694. The molecular formula is C24H29N5O. The van der Waals surface area contributed by atoms with Crippen molar-refractivity contribution in [2.24, 2.45) is 4.99 Å². The highest BCUT2D eigenvalue weighted by Gasteiger charge is 2.33. The van der Waals surface area contributed by atoms with Crippen LogP contribution < -0.4 is 15.4 Å². The van der Waals surface area contributed by atoms with Gasteiger partial charge in [-0.05, 0) is 44.0 Å². The molecule has 6 heteroatoms. The lowest BCUT2D eigenvalue weighted by Gasteiger charge is -2.38. The van der Waals surface area contributed by atoms with Crippen LogP contribution in [0.25, 0.3) is 5.69 Å². The van der Waals surface area contributed by atoms with Gasteiger partial charge in [-0.3, -0.25) is 4.99 Å². The SMILES string of the molecule is CN=C(NCCc1cnn(-c2ccccc2)c1)NC1CC(C)(C)Oc2ccccc21. The van der Waals surface area contributed by atoms with Crippen LogP contribution in [0.2, 0.25) is 0 Å². The number of benzene rings is 2. The van der Waals surface area contributed by atoms with Crippen molar-refractivity contribution in [1.82, 2.24) is 20.4 Å². The van der Waals surface area contributed by atoms with Crippen molar-refractivity contribution >= 4 is 5.96 Å². The maximum absolute atomic E-state index is 6.13. The zero-order valence-corrected chi connectivity index (χ0v) is 17.8. The molecule has 0 bridgehead atoms. The lowest BCUT2D eigenvalue weighted by Crippen LogP contribution is -2.45. The molecule has 0 spiro atoms. The minimum absolute atomic E-state index is 0.150. The second-order valence-corrected chi connectivity index (χ2v) is 8.18. The number of para-hydroxylation sites is 2. The van der Waals surface area contributed by atoms with Crippen LogP contribution in [0.3, 0.4) is 0 Å². The zero-order valence-electron chi connectivity index (χ0n) is 17.8. The molecule has 2 N–H and O–H groups in total. The number of nitrogens with zero attached hydrogens (tertiary/aromatic N) is 3. The summed E-state index contributed by atoms with van der Waals surface area (Å²) < 4.78 is 8.04. The summed E-state index contributed by atoms with van der Waals surface area (Å²) in [7, 11) is 1.80. The van der Waals surface area contributed by atoms with Crippen molar-refractivity contribution in [1.29, 1.82) is 0 Å². The quantitative estimate of drug-likeness (QED) is 0.501. The number of guanidine groups is 1. The van der Waals surface area contributed by atoms with E-state index in [0.717, 1.165) is 36.8 Å². The maximum Gasteiger partial charge on any atom is 0.191 e. The summed E-state index contributed by atoms with van der Waals surface area (Å²) in [5.41, 5.74) is 3.19. The van der Waals surface area contributed by atoms with E-state index in [0.29, 0.717) is 0 Å². The maximum atomic E-state index is 6.13. The van der Waals surface area contributed by atoms with E-state index >= 15 is 0 Å². The zero-order chi connectivity index (χ0) is 21.0. The number of aliphatic imine (C=N–C) groups is 1. The summed E-state index contributed by atoms with van der Waals surface area (Å²) in [6.45, 7) is 5.02. The lowest BCUT2D eigenvalue weighted by atomic mass is 9.90. The molecule has 1 aliphatic rings. The Bertz CT molecular complexity index is 1010. The van der Waals surface area contributed by atoms with Gasteiger partial charge in [-0.25, -0.2) is 4.68 Å². The second kappa shape index (κ2) is 8.61. The van der Waals surface area contributed by atoms with Crippen molar-refractivity contribution in [3.8, 4) is 11.4 Å². The number of ether oxygens (including phenoxy) is 1. The Labute approximate surface area is 178 Å². The molecule has 0 radical (unpaired) electrons. The molecule has 0 amide bonds. The standard InChI is InChI=1S/C24H29N5O/c1-24(2)15-21(20-11-7-8-12-22(20)30-24)28-23(25-3)26-14-13-18-16-27-29(17-18)19-9-5-4-6-10-19/h4-12,16-17,21H,13-15H2,1-3H3,(H2,25,26,28). The van der Waals surface area contributed by atoms with E-state index < -0.39 is 0 Å². The van der Waals surface area contributed by atoms with Gasteiger partial charge in [-0.15, -0.1) is 0 Å². The molecule has 1 unspecified atom stereocenters. The Morgan fingerprint density at radius 3 is 2.73 bits per heavy atom. The molecular weight excluding hydrogens is 374 g/mol. The van der Waals surface area contributed by atoms with Gasteiger partial charge < -0.3 is 15.4 Å². The Morgan fingerprint density at radius 1 is 1.17 bits per heavy atom. The van der Waals surface area contributed by atoms with Crippen LogP contribution in [-0.2, 0) is 6.42 Å². The van der Waals surface area contributed by atoms with Crippen molar-refractivity contribution in [2.45, 2.75) is 38.3 Å². The van der Waals surface area contributed by atoms with Crippen LogP contribution in [0, 0.1) is 0 Å². The molecule has 0 aliphatic carbocycles. The third kappa shape index (κ3) is 4.64. The van der Waals surface area contributed by atoms with Gasteiger partial charge in [0.1, 0.15) is 11.4 Å². The Balaban J connectivity index is 1.35. The fraction of sp³-hybridized carbons (Fsp3) is 0.333. The van der Waals surface area contributed by atoms with Crippen molar-refractivity contribution in [2.75, 3.05) is 13.6 Å². The summed E-state index contributed by atoms with van der Waals surface area (Å²) in [5.74, 6) is 1.73. The fourth-order valence-corrected chi connectivity index (χ4v) is 3.83. The van der Waals surface area contributed by atoms with E-state index in [1.165, 1.54) is 11.1 Å². The molecule has 4 rings (SSSR count). The largest absolute Gasteiger partial charge is 0.487 e. The molecule has 0 saturated heterocycles. The molecule has 0 saturated carbocycles. The predicted octanol–water partition coefficient (Wildman–Crippen LogP) is 3.88. The van der Waals surface area contributed by atoms with Gasteiger partial charge in [-0.1, -0.05) is 36.4 Å². The topological polar surface area (TPSA) is 63.5 Å². The molecule has 2 heterocycles. The number of aromatic nitrogens is 2. The van der Waals surface area contributed by atoms with E-state index in [4.69, 9.17) is 4.74 Å². The Kier molecular flexibility index (Phi) is 5.74. The van der Waals surface area contributed by atoms with Crippen LogP contribution in [0.1, 0.15) is 37.4 Å². The third-order valence-corrected chi connectivity index (χ3v) is 5.27. The first-order valence-electron chi connectivity index (χ1n) is 10.4. The summed E-state index contributed by atoms with van der Waals surface area (Å²) >= 11 is 0. The van der Waals surface area contributed by atoms with Crippen LogP contribution in [0.4, 0.5) is 0 Å². The Hall–Kier alpha value is -3.28. The summed E-state index contributed by atoms with van der Waals surface area (Å²) in [5, 5.41) is 11.5. The van der Waals surface area contributed by atoms with E-state index in [2.05, 4.69) is 52.9 Å². The number of fused-ring (bicyclic) bond motifs is 1. The minimum atomic E-state index is -0.225. The van der Waals surface area contributed by atoms with E-state index in [-0.39, 0.29) is 11.6 Å². The van der Waals surface area contributed by atoms with E-state index in [1.807, 2.05) is 53.3 Å². The summed E-state index contributed by atoms with van der Waals surface area (Å²) in [6, 6.07) is 18.5. The van der Waals surface area contributed by atoms with Gasteiger partial charge >= 0.3 is 0 Å². The van der Waals surface area contributed by atoms with Crippen molar-refractivity contribution < 1.29 is 4.74 Å². The number of nitrogens with one attached hydrogen (secondary N) is 2. The van der Waals surface area contributed by atoms with Gasteiger partial charge in [0.2, 0.25) is 0 Å². The van der Waals surface area contributed by atoms with Crippen LogP contribution in [0.15, 0.2) is 72.0 Å². The molecule has 0 fully saturated rings. The first kappa shape index (κ1) is 20.0.